The molecule has 1 N–H and O–H groups in total. The Morgan fingerprint density at radius 2 is 2.31 bits per heavy atom. The third kappa shape index (κ3) is 4.00. The highest BCUT2D eigenvalue weighted by Gasteiger charge is 2.25. The Labute approximate surface area is 158 Å². The van der Waals surface area contributed by atoms with E-state index in [2.05, 4.69) is 22.3 Å². The summed E-state index contributed by atoms with van der Waals surface area (Å²) in [6, 6.07) is 0. The minimum Gasteiger partial charge on any atom is -0.380 e. The molecule has 2 aromatic rings. The maximum atomic E-state index is 12.5. The molecule has 1 aliphatic heterocycles. The molecule has 0 unspecified atom stereocenters. The Morgan fingerprint density at radius 3 is 2.96 bits per heavy atom. The van der Waals surface area contributed by atoms with Gasteiger partial charge in [0.05, 0.1) is 17.4 Å². The predicted molar refractivity (Wildman–Crippen MR) is 102 cm³/mol. The first-order valence-corrected chi connectivity index (χ1v) is 9.95. The van der Waals surface area contributed by atoms with E-state index in [4.69, 9.17) is 9.26 Å². The van der Waals surface area contributed by atoms with E-state index in [9.17, 15) is 4.79 Å². The summed E-state index contributed by atoms with van der Waals surface area (Å²) in [7, 11) is 1.68. The zero-order chi connectivity index (χ0) is 18.7. The molecule has 0 saturated carbocycles. The number of thiophene rings is 1. The van der Waals surface area contributed by atoms with Crippen LogP contribution in [-0.2, 0) is 24.2 Å². The number of methoxy groups -OCH3 is 1. The molecule has 2 aromatic heterocycles. The van der Waals surface area contributed by atoms with Crippen LogP contribution in [0.15, 0.2) is 9.90 Å². The Bertz CT molecular complexity index is 745. The van der Waals surface area contributed by atoms with Crippen molar-refractivity contribution in [1.29, 1.82) is 0 Å². The largest absolute Gasteiger partial charge is 0.380 e. The van der Waals surface area contributed by atoms with Crippen LogP contribution in [0.5, 0.6) is 0 Å². The number of amides is 1. The lowest BCUT2D eigenvalue weighted by Crippen LogP contribution is -2.34. The van der Waals surface area contributed by atoms with Crippen LogP contribution in [0.3, 0.4) is 0 Å². The first-order chi connectivity index (χ1) is 12.5. The van der Waals surface area contributed by atoms with Crippen molar-refractivity contribution in [1.82, 2.24) is 15.4 Å². The first-order valence-electron chi connectivity index (χ1n) is 9.07. The van der Waals surface area contributed by atoms with Crippen molar-refractivity contribution < 1.29 is 14.1 Å². The molecule has 7 heteroatoms. The molecule has 1 atom stereocenters. The van der Waals surface area contributed by atoms with Gasteiger partial charge < -0.3 is 14.6 Å². The summed E-state index contributed by atoms with van der Waals surface area (Å²) in [4.78, 5) is 16.2. The van der Waals surface area contributed by atoms with E-state index in [1.165, 1.54) is 16.0 Å². The van der Waals surface area contributed by atoms with Gasteiger partial charge in [-0.05, 0) is 32.3 Å². The second kappa shape index (κ2) is 8.33. The van der Waals surface area contributed by atoms with E-state index in [0.717, 1.165) is 49.5 Å². The maximum absolute atomic E-state index is 12.5. The summed E-state index contributed by atoms with van der Waals surface area (Å²) in [6.45, 7) is 9.19. The lowest BCUT2D eigenvalue weighted by molar-refractivity contribution is 0.0815. The van der Waals surface area contributed by atoms with Crippen LogP contribution >= 0.6 is 11.3 Å². The maximum Gasteiger partial charge on any atom is 0.252 e. The second-order valence-electron chi connectivity index (χ2n) is 6.79. The van der Waals surface area contributed by atoms with Crippen LogP contribution in [0.25, 0.3) is 0 Å². The quantitative estimate of drug-likeness (QED) is 0.803. The number of aromatic nitrogens is 1. The highest BCUT2D eigenvalue weighted by atomic mass is 32.1. The molecule has 0 radical (unpaired) electrons. The molecule has 0 saturated heterocycles. The van der Waals surface area contributed by atoms with Crippen molar-refractivity contribution in [3.8, 4) is 0 Å². The molecule has 1 amide bonds. The lowest BCUT2D eigenvalue weighted by atomic mass is 10.0. The van der Waals surface area contributed by atoms with Crippen LogP contribution in [0.4, 0.5) is 0 Å². The molecule has 3 heterocycles. The van der Waals surface area contributed by atoms with Gasteiger partial charge in [-0.3, -0.25) is 9.69 Å². The molecule has 0 aliphatic carbocycles. The lowest BCUT2D eigenvalue weighted by Gasteiger charge is -2.27. The summed E-state index contributed by atoms with van der Waals surface area (Å²) in [5.41, 5.74) is 4.16. The number of rotatable bonds is 7. The highest BCUT2D eigenvalue weighted by molar-refractivity contribution is 7.10. The Hall–Kier alpha value is -1.70. The number of hydrogen-bond donors (Lipinski definition) is 1. The van der Waals surface area contributed by atoms with Gasteiger partial charge in [0.2, 0.25) is 0 Å². The number of nitrogens with one attached hydrogen (secondary N) is 1. The molecular weight excluding hydrogens is 350 g/mol. The molecule has 0 bridgehead atoms. The zero-order valence-electron chi connectivity index (χ0n) is 15.9. The van der Waals surface area contributed by atoms with E-state index in [-0.39, 0.29) is 12.0 Å². The third-order valence-corrected chi connectivity index (χ3v) is 6.13. The van der Waals surface area contributed by atoms with Gasteiger partial charge in [0.1, 0.15) is 5.76 Å². The van der Waals surface area contributed by atoms with E-state index in [0.29, 0.717) is 6.54 Å². The van der Waals surface area contributed by atoms with Gasteiger partial charge >= 0.3 is 0 Å². The molecule has 0 aromatic carbocycles. The van der Waals surface area contributed by atoms with E-state index >= 15 is 0 Å². The minimum atomic E-state index is 0.0113. The van der Waals surface area contributed by atoms with Gasteiger partial charge in [0.15, 0.2) is 0 Å². The Balaban J connectivity index is 1.64. The van der Waals surface area contributed by atoms with E-state index in [1.54, 1.807) is 18.4 Å². The molecule has 6 nitrogen and oxygen atoms in total. The van der Waals surface area contributed by atoms with Crippen molar-refractivity contribution in [3.63, 3.8) is 0 Å². The number of carbonyl (C=O) groups is 1. The number of carbonyl (C=O) groups excluding carboxylic acids is 1. The fourth-order valence-corrected chi connectivity index (χ4v) is 4.48. The van der Waals surface area contributed by atoms with Crippen LogP contribution in [0.2, 0.25) is 0 Å². The molecule has 142 valence electrons. The Morgan fingerprint density at radius 1 is 1.50 bits per heavy atom. The molecule has 1 aliphatic rings. The zero-order valence-corrected chi connectivity index (χ0v) is 16.7. The summed E-state index contributed by atoms with van der Waals surface area (Å²) < 4.78 is 10.6. The van der Waals surface area contributed by atoms with Crippen LogP contribution in [0, 0.1) is 13.8 Å². The Kier molecular flexibility index (Phi) is 6.11. The monoisotopic (exact) mass is 377 g/mol. The normalized spacial score (nSPS) is 15.7. The average molecular weight is 378 g/mol. The van der Waals surface area contributed by atoms with Gasteiger partial charge in [-0.15, -0.1) is 11.3 Å². The fourth-order valence-electron chi connectivity index (χ4n) is 3.35. The van der Waals surface area contributed by atoms with Crippen molar-refractivity contribution in [3.05, 3.63) is 38.4 Å². The van der Waals surface area contributed by atoms with Crippen molar-refractivity contribution >= 4 is 17.2 Å². The van der Waals surface area contributed by atoms with Crippen LogP contribution in [0.1, 0.15) is 51.2 Å². The number of nitrogens with zero attached hydrogens (tertiary/aromatic N) is 2. The molecule has 0 spiro atoms. The first kappa shape index (κ1) is 19.1. The van der Waals surface area contributed by atoms with Gasteiger partial charge in [0, 0.05) is 49.1 Å². The predicted octanol–water partition coefficient (Wildman–Crippen LogP) is 3.07. The summed E-state index contributed by atoms with van der Waals surface area (Å²) in [6.07, 6.45) is 1.85. The second-order valence-corrected chi connectivity index (χ2v) is 7.75. The molecule has 3 rings (SSSR count). The molecule has 0 fully saturated rings. The van der Waals surface area contributed by atoms with Gasteiger partial charge in [-0.1, -0.05) is 12.1 Å². The summed E-state index contributed by atoms with van der Waals surface area (Å²) >= 11 is 1.68. The van der Waals surface area contributed by atoms with Crippen molar-refractivity contribution in [2.45, 2.75) is 52.8 Å². The smallest absolute Gasteiger partial charge is 0.252 e. The van der Waals surface area contributed by atoms with E-state index in [1.807, 2.05) is 19.2 Å². The fraction of sp³-hybridized carbons (Fsp3) is 0.579. The number of aryl methyl sites for hydroxylation is 2. The summed E-state index contributed by atoms with van der Waals surface area (Å²) in [5.74, 6) is 0.903. The van der Waals surface area contributed by atoms with E-state index < -0.39 is 0 Å². The SMILES string of the molecule is CC[C@@H](CNC(=O)c1csc2c1CCN(Cc1c(C)noc1C)C2)OC. The van der Waals surface area contributed by atoms with Crippen molar-refractivity contribution in [2.24, 2.45) is 0 Å². The third-order valence-electron chi connectivity index (χ3n) is 5.11. The number of hydrogen-bond acceptors (Lipinski definition) is 6. The van der Waals surface area contributed by atoms with Gasteiger partial charge in [-0.2, -0.15) is 0 Å². The molecular formula is C19H27N3O3S. The standard InChI is InChI=1S/C19H27N3O3S/c1-5-14(24-4)8-20-19(23)17-11-26-18-10-22(7-6-15(17)18)9-16-12(2)21-25-13(16)3/h11,14H,5-10H2,1-4H3,(H,20,23)/t14-/m0/s1. The van der Waals surface area contributed by atoms with Crippen LogP contribution in [-0.4, -0.2) is 42.3 Å². The van der Waals surface area contributed by atoms with Crippen molar-refractivity contribution in [2.75, 3.05) is 20.2 Å². The minimum absolute atomic E-state index is 0.0113. The topological polar surface area (TPSA) is 67.6 Å². The number of fused-ring (bicyclic) bond motifs is 1. The molecule has 26 heavy (non-hydrogen) atoms. The van der Waals surface area contributed by atoms with Crippen LogP contribution < -0.4 is 5.32 Å². The highest BCUT2D eigenvalue weighted by Crippen LogP contribution is 2.30. The summed E-state index contributed by atoms with van der Waals surface area (Å²) in [5, 5.41) is 9.04. The average Bonchev–Trinajstić information content (AvgIpc) is 3.20. The number of ether oxygens (including phenoxy) is 1. The van der Waals surface area contributed by atoms with Gasteiger partial charge in [-0.25, -0.2) is 0 Å². The van der Waals surface area contributed by atoms with Gasteiger partial charge in [0.25, 0.3) is 5.91 Å².